The standard InChI is InChI=1S/C33H35NO5/c1-35-31-17-25(18-32(36-2)33(31)37-3)16-28-27-20-30(39-22-24-12-8-5-9-13-24)29(19-26(27)14-15-34-28)38-21-23-10-6-4-7-11-23/h4-13,17-20,28,34H,14-16,21-22H2,1-3H3/t28-/m0/s1. The molecule has 1 aliphatic heterocycles. The minimum Gasteiger partial charge on any atom is -0.493 e. The van der Waals surface area contributed by atoms with Crippen LogP contribution >= 0.6 is 0 Å². The van der Waals surface area contributed by atoms with Gasteiger partial charge in [-0.2, -0.15) is 0 Å². The summed E-state index contributed by atoms with van der Waals surface area (Å²) >= 11 is 0. The van der Waals surface area contributed by atoms with Crippen LogP contribution in [0.5, 0.6) is 28.7 Å². The average molecular weight is 526 g/mol. The van der Waals surface area contributed by atoms with Crippen LogP contribution in [-0.2, 0) is 26.1 Å². The fourth-order valence-electron chi connectivity index (χ4n) is 5.02. The molecule has 0 saturated carbocycles. The lowest BCUT2D eigenvalue weighted by molar-refractivity contribution is 0.254. The van der Waals surface area contributed by atoms with Crippen LogP contribution in [0.4, 0.5) is 0 Å². The highest BCUT2D eigenvalue weighted by atomic mass is 16.5. The molecule has 6 nitrogen and oxygen atoms in total. The van der Waals surface area contributed by atoms with Crippen LogP contribution in [0, 0.1) is 0 Å². The maximum absolute atomic E-state index is 6.37. The molecule has 0 fully saturated rings. The number of hydrogen-bond acceptors (Lipinski definition) is 6. The van der Waals surface area contributed by atoms with Crippen molar-refractivity contribution in [3.05, 3.63) is 113 Å². The zero-order valence-electron chi connectivity index (χ0n) is 22.7. The van der Waals surface area contributed by atoms with Gasteiger partial charge in [0.1, 0.15) is 13.2 Å². The van der Waals surface area contributed by atoms with Gasteiger partial charge in [-0.1, -0.05) is 60.7 Å². The highest BCUT2D eigenvalue weighted by Crippen LogP contribution is 2.41. The van der Waals surface area contributed by atoms with Crippen molar-refractivity contribution in [1.29, 1.82) is 0 Å². The lowest BCUT2D eigenvalue weighted by atomic mass is 9.89. The Morgan fingerprint density at radius 2 is 1.21 bits per heavy atom. The average Bonchev–Trinajstić information content (AvgIpc) is 2.99. The van der Waals surface area contributed by atoms with Crippen LogP contribution in [0.3, 0.4) is 0 Å². The zero-order valence-corrected chi connectivity index (χ0v) is 22.7. The lowest BCUT2D eigenvalue weighted by Crippen LogP contribution is -2.31. The van der Waals surface area contributed by atoms with Gasteiger partial charge in [-0.05, 0) is 71.5 Å². The van der Waals surface area contributed by atoms with E-state index in [9.17, 15) is 0 Å². The van der Waals surface area contributed by atoms with E-state index in [-0.39, 0.29) is 6.04 Å². The van der Waals surface area contributed by atoms with E-state index in [1.807, 2.05) is 48.5 Å². The van der Waals surface area contributed by atoms with Gasteiger partial charge >= 0.3 is 0 Å². The first kappa shape index (κ1) is 26.4. The summed E-state index contributed by atoms with van der Waals surface area (Å²) in [5, 5.41) is 3.70. The van der Waals surface area contributed by atoms with E-state index in [2.05, 4.69) is 41.7 Å². The summed E-state index contributed by atoms with van der Waals surface area (Å²) in [4.78, 5) is 0. The van der Waals surface area contributed by atoms with Gasteiger partial charge in [0.25, 0.3) is 0 Å². The van der Waals surface area contributed by atoms with E-state index in [1.54, 1.807) is 21.3 Å². The minimum atomic E-state index is 0.0961. The Morgan fingerprint density at radius 1 is 0.641 bits per heavy atom. The highest BCUT2D eigenvalue weighted by Gasteiger charge is 2.25. The van der Waals surface area contributed by atoms with Crippen LogP contribution in [0.15, 0.2) is 84.9 Å². The molecule has 5 rings (SSSR count). The molecular weight excluding hydrogens is 490 g/mol. The maximum Gasteiger partial charge on any atom is 0.203 e. The maximum atomic E-state index is 6.37. The minimum absolute atomic E-state index is 0.0961. The molecule has 0 aromatic heterocycles. The van der Waals surface area contributed by atoms with E-state index in [4.69, 9.17) is 23.7 Å². The summed E-state index contributed by atoms with van der Waals surface area (Å²) in [5.41, 5.74) is 5.79. The smallest absolute Gasteiger partial charge is 0.203 e. The molecule has 4 aromatic rings. The van der Waals surface area contributed by atoms with Crippen LogP contribution < -0.4 is 29.0 Å². The van der Waals surface area contributed by atoms with Gasteiger partial charge < -0.3 is 29.0 Å². The van der Waals surface area contributed by atoms with Crippen molar-refractivity contribution >= 4 is 0 Å². The Labute approximate surface area is 230 Å². The molecule has 39 heavy (non-hydrogen) atoms. The number of hydrogen-bond donors (Lipinski definition) is 1. The monoisotopic (exact) mass is 525 g/mol. The zero-order chi connectivity index (χ0) is 27.0. The number of methoxy groups -OCH3 is 3. The molecule has 0 unspecified atom stereocenters. The molecule has 6 heteroatoms. The van der Waals surface area contributed by atoms with Crippen LogP contribution in [0.2, 0.25) is 0 Å². The van der Waals surface area contributed by atoms with Crippen LogP contribution in [-0.4, -0.2) is 27.9 Å². The van der Waals surface area contributed by atoms with Crippen LogP contribution in [0.25, 0.3) is 0 Å². The topological polar surface area (TPSA) is 58.2 Å². The molecule has 202 valence electrons. The van der Waals surface area contributed by atoms with E-state index in [0.717, 1.165) is 47.6 Å². The second-order valence-electron chi connectivity index (χ2n) is 9.54. The van der Waals surface area contributed by atoms with Gasteiger partial charge in [0.05, 0.1) is 21.3 Å². The van der Waals surface area contributed by atoms with Crippen molar-refractivity contribution in [2.75, 3.05) is 27.9 Å². The molecule has 1 atom stereocenters. The molecule has 0 radical (unpaired) electrons. The van der Waals surface area contributed by atoms with Gasteiger partial charge in [0.2, 0.25) is 5.75 Å². The summed E-state index contributed by atoms with van der Waals surface area (Å²) in [6, 6.07) is 28.8. The van der Waals surface area contributed by atoms with Crippen molar-refractivity contribution in [2.24, 2.45) is 0 Å². The van der Waals surface area contributed by atoms with Gasteiger partial charge in [0.15, 0.2) is 23.0 Å². The third-order valence-corrected chi connectivity index (χ3v) is 7.00. The predicted molar refractivity (Wildman–Crippen MR) is 152 cm³/mol. The fraction of sp³-hybridized carbons (Fsp3) is 0.273. The number of fused-ring (bicyclic) bond motifs is 1. The van der Waals surface area contributed by atoms with Crippen molar-refractivity contribution in [3.63, 3.8) is 0 Å². The number of nitrogens with one attached hydrogen (secondary N) is 1. The lowest BCUT2D eigenvalue weighted by Gasteiger charge is -2.29. The number of ether oxygens (including phenoxy) is 5. The molecule has 1 aliphatic rings. The molecule has 4 aromatic carbocycles. The normalized spacial score (nSPS) is 14.3. The van der Waals surface area contributed by atoms with E-state index >= 15 is 0 Å². The van der Waals surface area contributed by atoms with Gasteiger partial charge in [-0.15, -0.1) is 0 Å². The third kappa shape index (κ3) is 6.29. The summed E-state index contributed by atoms with van der Waals surface area (Å²) in [6.45, 7) is 1.82. The van der Waals surface area contributed by atoms with E-state index in [1.165, 1.54) is 11.1 Å². The molecule has 0 bridgehead atoms. The van der Waals surface area contributed by atoms with E-state index < -0.39 is 0 Å². The quantitative estimate of drug-likeness (QED) is 0.248. The van der Waals surface area contributed by atoms with Crippen molar-refractivity contribution < 1.29 is 23.7 Å². The molecule has 0 spiro atoms. The van der Waals surface area contributed by atoms with Gasteiger partial charge in [-0.3, -0.25) is 0 Å². The Kier molecular flexibility index (Phi) is 8.54. The first-order chi connectivity index (χ1) is 19.2. The summed E-state index contributed by atoms with van der Waals surface area (Å²) in [6.07, 6.45) is 1.67. The number of rotatable bonds is 11. The molecule has 1 heterocycles. The van der Waals surface area contributed by atoms with Gasteiger partial charge in [-0.25, -0.2) is 0 Å². The van der Waals surface area contributed by atoms with Crippen molar-refractivity contribution in [2.45, 2.75) is 32.1 Å². The van der Waals surface area contributed by atoms with E-state index in [0.29, 0.717) is 30.5 Å². The first-order valence-corrected chi connectivity index (χ1v) is 13.2. The molecule has 0 amide bonds. The molecular formula is C33H35NO5. The number of benzene rings is 4. The molecule has 0 saturated heterocycles. The molecule has 0 aliphatic carbocycles. The fourth-order valence-corrected chi connectivity index (χ4v) is 5.02. The first-order valence-electron chi connectivity index (χ1n) is 13.2. The second-order valence-corrected chi connectivity index (χ2v) is 9.54. The van der Waals surface area contributed by atoms with Crippen molar-refractivity contribution in [3.8, 4) is 28.7 Å². The van der Waals surface area contributed by atoms with Crippen molar-refractivity contribution in [1.82, 2.24) is 5.32 Å². The van der Waals surface area contributed by atoms with Crippen LogP contribution in [0.1, 0.15) is 33.9 Å². The summed E-state index contributed by atoms with van der Waals surface area (Å²) in [5.74, 6) is 3.41. The second kappa shape index (κ2) is 12.6. The Bertz CT molecular complexity index is 1350. The molecule has 1 N–H and O–H groups in total. The Balaban J connectivity index is 1.45. The highest BCUT2D eigenvalue weighted by molar-refractivity contribution is 5.55. The van der Waals surface area contributed by atoms with Gasteiger partial charge in [0, 0.05) is 6.04 Å². The summed E-state index contributed by atoms with van der Waals surface area (Å²) < 4.78 is 29.4. The Hall–Kier alpha value is -4.16. The largest absolute Gasteiger partial charge is 0.493 e. The SMILES string of the molecule is COc1cc(C[C@@H]2NCCc3cc(OCc4ccccc4)c(OCc4ccccc4)cc32)cc(OC)c1OC. The predicted octanol–water partition coefficient (Wildman–Crippen LogP) is 6.30. The Morgan fingerprint density at radius 3 is 1.74 bits per heavy atom. The third-order valence-electron chi connectivity index (χ3n) is 7.00. The summed E-state index contributed by atoms with van der Waals surface area (Å²) in [7, 11) is 4.90.